The first-order valence-corrected chi connectivity index (χ1v) is 5.97. The van der Waals surface area contributed by atoms with E-state index in [0.717, 1.165) is 19.5 Å². The summed E-state index contributed by atoms with van der Waals surface area (Å²) in [6, 6.07) is 0.241. The van der Waals surface area contributed by atoms with E-state index < -0.39 is 0 Å². The number of carbonyl (C=O) groups is 1. The van der Waals surface area contributed by atoms with E-state index in [9.17, 15) is 4.79 Å². The van der Waals surface area contributed by atoms with Gasteiger partial charge in [-0.3, -0.25) is 4.79 Å². The molecule has 2 unspecified atom stereocenters. The quantitative estimate of drug-likeness (QED) is 0.738. The summed E-state index contributed by atoms with van der Waals surface area (Å²) in [4.78, 5) is 11.8. The normalized spacial score (nSPS) is 37.4. The van der Waals surface area contributed by atoms with Crippen LogP contribution < -0.4 is 10.6 Å². The van der Waals surface area contributed by atoms with Gasteiger partial charge in [0.2, 0.25) is 5.91 Å². The van der Waals surface area contributed by atoms with Crippen molar-refractivity contribution in [1.82, 2.24) is 10.6 Å². The first-order chi connectivity index (χ1) is 7.40. The minimum atomic E-state index is -0.108. The zero-order chi connectivity index (χ0) is 12.0. The van der Waals surface area contributed by atoms with Crippen molar-refractivity contribution in [3.63, 3.8) is 0 Å². The van der Waals surface area contributed by atoms with Crippen LogP contribution in [0.15, 0.2) is 0 Å². The maximum absolute atomic E-state index is 11.8. The highest BCUT2D eigenvalue weighted by Gasteiger charge is 2.58. The third-order valence-electron chi connectivity index (χ3n) is 4.75. The number of amides is 1. The standard InChI is InChI=1S/C12H22N2O2/c1-11(2)9(5-12(11,3)16-4)14-10(15)8-6-13-7-8/h8-9,13H,5-7H2,1-4H3,(H,14,15). The second-order valence-corrected chi connectivity index (χ2v) is 5.78. The lowest BCUT2D eigenvalue weighted by molar-refractivity contribution is -0.183. The Bertz CT molecular complexity index is 299. The first kappa shape index (κ1) is 11.9. The van der Waals surface area contributed by atoms with E-state index in [1.807, 2.05) is 0 Å². The number of nitrogens with one attached hydrogen (secondary N) is 2. The third kappa shape index (κ3) is 1.55. The van der Waals surface area contributed by atoms with Crippen molar-refractivity contribution < 1.29 is 9.53 Å². The largest absolute Gasteiger partial charge is 0.378 e. The minimum Gasteiger partial charge on any atom is -0.378 e. The van der Waals surface area contributed by atoms with E-state index in [-0.39, 0.29) is 28.9 Å². The molecule has 2 fully saturated rings. The second kappa shape index (κ2) is 3.70. The molecule has 1 heterocycles. The van der Waals surface area contributed by atoms with Gasteiger partial charge in [0.05, 0.1) is 11.5 Å². The smallest absolute Gasteiger partial charge is 0.225 e. The molecule has 0 aromatic rings. The second-order valence-electron chi connectivity index (χ2n) is 5.78. The van der Waals surface area contributed by atoms with Gasteiger partial charge in [0.25, 0.3) is 0 Å². The number of hydrogen-bond acceptors (Lipinski definition) is 3. The molecule has 2 N–H and O–H groups in total. The molecule has 1 amide bonds. The van der Waals surface area contributed by atoms with Gasteiger partial charge >= 0.3 is 0 Å². The molecule has 0 bridgehead atoms. The molecule has 2 aliphatic rings. The Morgan fingerprint density at radius 2 is 2.00 bits per heavy atom. The molecule has 4 heteroatoms. The number of rotatable bonds is 3. The van der Waals surface area contributed by atoms with Gasteiger partial charge in [0.1, 0.15) is 0 Å². The molecule has 2 rings (SSSR count). The Morgan fingerprint density at radius 3 is 2.38 bits per heavy atom. The van der Waals surface area contributed by atoms with Crippen LogP contribution in [-0.4, -0.2) is 37.7 Å². The summed E-state index contributed by atoms with van der Waals surface area (Å²) in [5, 5.41) is 6.25. The van der Waals surface area contributed by atoms with E-state index in [1.165, 1.54) is 0 Å². The van der Waals surface area contributed by atoms with E-state index in [1.54, 1.807) is 7.11 Å². The topological polar surface area (TPSA) is 50.4 Å². The Morgan fingerprint density at radius 1 is 1.38 bits per heavy atom. The van der Waals surface area contributed by atoms with Gasteiger partial charge in [-0.05, 0) is 13.3 Å². The van der Waals surface area contributed by atoms with Crippen LogP contribution >= 0.6 is 0 Å². The molecule has 16 heavy (non-hydrogen) atoms. The molecular formula is C12H22N2O2. The van der Waals surface area contributed by atoms with Crippen molar-refractivity contribution in [3.05, 3.63) is 0 Å². The van der Waals surface area contributed by atoms with Gasteiger partial charge < -0.3 is 15.4 Å². The van der Waals surface area contributed by atoms with E-state index in [4.69, 9.17) is 4.74 Å². The Hall–Kier alpha value is -0.610. The lowest BCUT2D eigenvalue weighted by Crippen LogP contribution is -2.69. The summed E-state index contributed by atoms with van der Waals surface area (Å²) in [5.41, 5.74) is -0.0998. The van der Waals surface area contributed by atoms with Crippen LogP contribution in [0.3, 0.4) is 0 Å². The fourth-order valence-corrected chi connectivity index (χ4v) is 2.49. The molecule has 2 atom stereocenters. The number of ether oxygens (including phenoxy) is 1. The summed E-state index contributed by atoms with van der Waals surface area (Å²) >= 11 is 0. The monoisotopic (exact) mass is 226 g/mol. The molecule has 1 aliphatic carbocycles. The average molecular weight is 226 g/mol. The fraction of sp³-hybridized carbons (Fsp3) is 0.917. The molecule has 1 saturated heterocycles. The zero-order valence-corrected chi connectivity index (χ0v) is 10.6. The van der Waals surface area contributed by atoms with E-state index in [0.29, 0.717) is 0 Å². The Kier molecular flexibility index (Phi) is 2.75. The summed E-state index contributed by atoms with van der Waals surface area (Å²) in [7, 11) is 1.75. The van der Waals surface area contributed by atoms with Crippen LogP contribution in [0.4, 0.5) is 0 Å². The molecule has 4 nitrogen and oxygen atoms in total. The van der Waals surface area contributed by atoms with Crippen LogP contribution in [0.1, 0.15) is 27.2 Å². The molecule has 0 spiro atoms. The SMILES string of the molecule is COC1(C)CC(NC(=O)C2CNC2)C1(C)C. The van der Waals surface area contributed by atoms with Crippen LogP contribution in [0.25, 0.3) is 0 Å². The van der Waals surface area contributed by atoms with Crippen molar-refractivity contribution in [2.75, 3.05) is 20.2 Å². The molecule has 0 aromatic carbocycles. The zero-order valence-electron chi connectivity index (χ0n) is 10.6. The highest BCUT2D eigenvalue weighted by atomic mass is 16.5. The molecule has 1 aliphatic heterocycles. The minimum absolute atomic E-state index is 0.00852. The highest BCUT2D eigenvalue weighted by molar-refractivity contribution is 5.80. The number of hydrogen-bond donors (Lipinski definition) is 2. The van der Waals surface area contributed by atoms with E-state index in [2.05, 4.69) is 31.4 Å². The van der Waals surface area contributed by atoms with Gasteiger partial charge in [-0.15, -0.1) is 0 Å². The predicted molar refractivity (Wildman–Crippen MR) is 62.1 cm³/mol. The van der Waals surface area contributed by atoms with Gasteiger partial charge in [-0.2, -0.15) is 0 Å². The number of methoxy groups -OCH3 is 1. The summed E-state index contributed by atoms with van der Waals surface area (Å²) in [6.07, 6.45) is 0.905. The Labute approximate surface area is 97.1 Å². The van der Waals surface area contributed by atoms with Crippen molar-refractivity contribution in [2.24, 2.45) is 11.3 Å². The summed E-state index contributed by atoms with van der Waals surface area (Å²) in [5.74, 6) is 0.361. The van der Waals surface area contributed by atoms with Crippen molar-refractivity contribution in [3.8, 4) is 0 Å². The maximum atomic E-state index is 11.8. The lowest BCUT2D eigenvalue weighted by Gasteiger charge is -2.59. The lowest BCUT2D eigenvalue weighted by atomic mass is 9.55. The van der Waals surface area contributed by atoms with Crippen molar-refractivity contribution in [1.29, 1.82) is 0 Å². The van der Waals surface area contributed by atoms with Crippen LogP contribution in [0.5, 0.6) is 0 Å². The summed E-state index contributed by atoms with van der Waals surface area (Å²) in [6.45, 7) is 8.07. The van der Waals surface area contributed by atoms with E-state index >= 15 is 0 Å². The van der Waals surface area contributed by atoms with Crippen LogP contribution in [0.2, 0.25) is 0 Å². The fourth-order valence-electron chi connectivity index (χ4n) is 2.49. The molecule has 0 aromatic heterocycles. The summed E-state index contributed by atoms with van der Waals surface area (Å²) < 4.78 is 5.54. The molecular weight excluding hydrogens is 204 g/mol. The van der Waals surface area contributed by atoms with Gasteiger partial charge in [-0.25, -0.2) is 0 Å². The van der Waals surface area contributed by atoms with Crippen LogP contribution in [-0.2, 0) is 9.53 Å². The molecule has 92 valence electrons. The third-order valence-corrected chi connectivity index (χ3v) is 4.75. The van der Waals surface area contributed by atoms with Crippen molar-refractivity contribution >= 4 is 5.91 Å². The molecule has 0 radical (unpaired) electrons. The number of carbonyl (C=O) groups excluding carboxylic acids is 1. The molecule has 1 saturated carbocycles. The highest BCUT2D eigenvalue weighted by Crippen LogP contribution is 2.51. The maximum Gasteiger partial charge on any atom is 0.225 e. The Balaban J connectivity index is 1.91. The average Bonchev–Trinajstić information content (AvgIpc) is 2.14. The predicted octanol–water partition coefficient (Wildman–Crippen LogP) is 0.526. The first-order valence-electron chi connectivity index (χ1n) is 5.97. The van der Waals surface area contributed by atoms with Crippen molar-refractivity contribution in [2.45, 2.75) is 38.8 Å². The van der Waals surface area contributed by atoms with Gasteiger partial charge in [-0.1, -0.05) is 13.8 Å². The van der Waals surface area contributed by atoms with Gasteiger partial charge in [0, 0.05) is 31.7 Å². The van der Waals surface area contributed by atoms with Gasteiger partial charge in [0.15, 0.2) is 0 Å². The van der Waals surface area contributed by atoms with Crippen LogP contribution in [0, 0.1) is 11.3 Å².